The Morgan fingerprint density at radius 3 is 2.38 bits per heavy atom. The van der Waals surface area contributed by atoms with Crippen molar-refractivity contribution in [1.82, 2.24) is 10.2 Å². The van der Waals surface area contributed by atoms with E-state index in [1.165, 1.54) is 6.07 Å². The lowest BCUT2D eigenvalue weighted by Crippen LogP contribution is -2.49. The molecular weight excluding hydrogens is 418 g/mol. The summed E-state index contributed by atoms with van der Waals surface area (Å²) in [5, 5.41) is 2.69. The summed E-state index contributed by atoms with van der Waals surface area (Å²) in [6.45, 7) is 1.16. The van der Waals surface area contributed by atoms with Crippen molar-refractivity contribution in [1.29, 1.82) is 0 Å². The number of hydrogen-bond donors (Lipinski definition) is 1. The van der Waals surface area contributed by atoms with Crippen molar-refractivity contribution in [3.8, 4) is 11.5 Å². The number of halogens is 2. The molecule has 1 saturated heterocycles. The Balaban J connectivity index is 1.52. The summed E-state index contributed by atoms with van der Waals surface area (Å²) >= 11 is 0. The van der Waals surface area contributed by atoms with Crippen LogP contribution in [0.15, 0.2) is 48.5 Å². The number of amides is 2. The Hall–Kier alpha value is -3.16. The van der Waals surface area contributed by atoms with Crippen LogP contribution in [0.5, 0.6) is 11.5 Å². The average molecular weight is 446 g/mol. The topological polar surface area (TPSA) is 67.9 Å². The molecule has 0 saturated carbocycles. The minimum absolute atomic E-state index is 0.0218. The number of carbonyl (C=O) groups is 2. The second-order valence-corrected chi connectivity index (χ2v) is 7.91. The fourth-order valence-electron chi connectivity index (χ4n) is 3.97. The van der Waals surface area contributed by atoms with E-state index in [9.17, 15) is 18.4 Å². The molecule has 2 amide bonds. The maximum atomic E-state index is 12.6. The van der Waals surface area contributed by atoms with Crippen molar-refractivity contribution in [2.75, 3.05) is 6.61 Å². The molecule has 8 heteroatoms. The van der Waals surface area contributed by atoms with E-state index >= 15 is 0 Å². The summed E-state index contributed by atoms with van der Waals surface area (Å²) in [6.07, 6.45) is 3.12. The van der Waals surface area contributed by atoms with Gasteiger partial charge in [0.05, 0.1) is 0 Å². The summed E-state index contributed by atoms with van der Waals surface area (Å²) in [5.74, 6) is 0.100. The molecule has 0 spiro atoms. The highest BCUT2D eigenvalue weighted by molar-refractivity contribution is 5.94. The van der Waals surface area contributed by atoms with Crippen LogP contribution in [-0.4, -0.2) is 42.0 Å². The van der Waals surface area contributed by atoms with E-state index in [0.717, 1.165) is 19.3 Å². The van der Waals surface area contributed by atoms with Crippen molar-refractivity contribution in [2.24, 2.45) is 0 Å². The van der Waals surface area contributed by atoms with Crippen LogP contribution in [0.25, 0.3) is 0 Å². The zero-order chi connectivity index (χ0) is 23.1. The van der Waals surface area contributed by atoms with Gasteiger partial charge in [0.1, 0.15) is 11.5 Å². The molecule has 2 aromatic carbocycles. The summed E-state index contributed by atoms with van der Waals surface area (Å²) in [5.41, 5.74) is 0.829. The van der Waals surface area contributed by atoms with Gasteiger partial charge in [-0.05, 0) is 63.4 Å². The van der Waals surface area contributed by atoms with Gasteiger partial charge < -0.3 is 19.7 Å². The maximum Gasteiger partial charge on any atom is 0.387 e. The number of rotatable bonds is 8. The smallest absolute Gasteiger partial charge is 0.387 e. The highest BCUT2D eigenvalue weighted by Crippen LogP contribution is 2.23. The van der Waals surface area contributed by atoms with Gasteiger partial charge in [-0.15, -0.1) is 0 Å². The van der Waals surface area contributed by atoms with Crippen molar-refractivity contribution >= 4 is 11.8 Å². The fraction of sp³-hybridized carbons (Fsp3) is 0.417. The molecule has 2 atom stereocenters. The van der Waals surface area contributed by atoms with Crippen LogP contribution in [0.4, 0.5) is 8.78 Å². The highest BCUT2D eigenvalue weighted by Gasteiger charge is 2.29. The zero-order valence-electron chi connectivity index (χ0n) is 18.2. The standard InChI is InChI=1S/C24H28F2N2O4/c1-16-6-5-7-17(2)28(16)22(29)15-31-20-12-10-18(11-13-20)23(30)27-14-19-8-3-4-9-21(19)32-24(25)26/h3-4,8-13,16-17,24H,5-7,14-15H2,1-2H3,(H,27,30)/t16-,17+. The second kappa shape index (κ2) is 10.9. The molecule has 6 nitrogen and oxygen atoms in total. The number of ether oxygens (including phenoxy) is 2. The van der Waals surface area contributed by atoms with Crippen LogP contribution in [0.2, 0.25) is 0 Å². The first-order valence-corrected chi connectivity index (χ1v) is 10.7. The minimum atomic E-state index is -2.94. The number of nitrogens with zero attached hydrogens (tertiary/aromatic N) is 1. The molecule has 32 heavy (non-hydrogen) atoms. The predicted octanol–water partition coefficient (Wildman–Crippen LogP) is 4.39. The van der Waals surface area contributed by atoms with E-state index in [1.54, 1.807) is 42.5 Å². The number of alkyl halides is 2. The average Bonchev–Trinajstić information content (AvgIpc) is 2.77. The first-order chi connectivity index (χ1) is 15.3. The van der Waals surface area contributed by atoms with E-state index in [4.69, 9.17) is 4.74 Å². The van der Waals surface area contributed by atoms with Crippen LogP contribution in [0.1, 0.15) is 49.0 Å². The lowest BCUT2D eigenvalue weighted by molar-refractivity contribution is -0.139. The third-order valence-electron chi connectivity index (χ3n) is 5.59. The number of nitrogens with one attached hydrogen (secondary N) is 1. The summed E-state index contributed by atoms with van der Waals surface area (Å²) < 4.78 is 35.1. The molecule has 1 fully saturated rings. The third kappa shape index (κ3) is 6.18. The molecule has 0 aromatic heterocycles. The molecule has 0 unspecified atom stereocenters. The quantitative estimate of drug-likeness (QED) is 0.653. The maximum absolute atomic E-state index is 12.6. The molecule has 1 heterocycles. The summed E-state index contributed by atoms with van der Waals surface area (Å²) in [4.78, 5) is 26.9. The van der Waals surface area contributed by atoms with E-state index in [-0.39, 0.29) is 42.8 Å². The van der Waals surface area contributed by atoms with Crippen molar-refractivity contribution in [3.63, 3.8) is 0 Å². The molecule has 3 rings (SSSR count). The van der Waals surface area contributed by atoms with Crippen LogP contribution in [0.3, 0.4) is 0 Å². The largest absolute Gasteiger partial charge is 0.484 e. The first-order valence-electron chi connectivity index (χ1n) is 10.7. The molecule has 0 aliphatic carbocycles. The molecule has 2 aromatic rings. The number of carbonyl (C=O) groups excluding carboxylic acids is 2. The van der Waals surface area contributed by atoms with Crippen molar-refractivity contribution in [2.45, 2.75) is 58.3 Å². The Bertz CT molecular complexity index is 910. The monoisotopic (exact) mass is 446 g/mol. The molecule has 0 bridgehead atoms. The Labute approximate surface area is 186 Å². The van der Waals surface area contributed by atoms with Gasteiger partial charge in [0.25, 0.3) is 11.8 Å². The molecule has 0 radical (unpaired) electrons. The zero-order valence-corrected chi connectivity index (χ0v) is 18.2. The second-order valence-electron chi connectivity index (χ2n) is 7.91. The van der Waals surface area contributed by atoms with E-state index in [0.29, 0.717) is 16.9 Å². The van der Waals surface area contributed by atoms with Gasteiger partial charge in [-0.25, -0.2) is 0 Å². The van der Waals surface area contributed by atoms with Gasteiger partial charge in [-0.2, -0.15) is 8.78 Å². The van der Waals surface area contributed by atoms with Crippen molar-refractivity contribution < 1.29 is 27.8 Å². The SMILES string of the molecule is C[C@@H]1CCC[C@H](C)N1C(=O)COc1ccc(C(=O)NCc2ccccc2OC(F)F)cc1. The molecule has 1 aliphatic heterocycles. The van der Waals surface area contributed by atoms with Crippen LogP contribution < -0.4 is 14.8 Å². The van der Waals surface area contributed by atoms with Crippen LogP contribution in [-0.2, 0) is 11.3 Å². The normalized spacial score (nSPS) is 18.3. The summed E-state index contributed by atoms with van der Waals surface area (Å²) in [7, 11) is 0. The molecular formula is C24H28F2N2O4. The minimum Gasteiger partial charge on any atom is -0.484 e. The van der Waals surface area contributed by atoms with Gasteiger partial charge in [-0.1, -0.05) is 18.2 Å². The number of hydrogen-bond acceptors (Lipinski definition) is 4. The van der Waals surface area contributed by atoms with E-state index < -0.39 is 6.61 Å². The fourth-order valence-corrected chi connectivity index (χ4v) is 3.97. The highest BCUT2D eigenvalue weighted by atomic mass is 19.3. The number of para-hydroxylation sites is 1. The third-order valence-corrected chi connectivity index (χ3v) is 5.59. The number of piperidine rings is 1. The molecule has 1 aliphatic rings. The van der Waals surface area contributed by atoms with Gasteiger partial charge in [0.15, 0.2) is 6.61 Å². The Morgan fingerprint density at radius 2 is 1.72 bits per heavy atom. The van der Waals surface area contributed by atoms with Crippen LogP contribution >= 0.6 is 0 Å². The number of likely N-dealkylation sites (tertiary alicyclic amines) is 1. The molecule has 172 valence electrons. The van der Waals surface area contributed by atoms with Gasteiger partial charge >= 0.3 is 6.61 Å². The van der Waals surface area contributed by atoms with Gasteiger partial charge in [0.2, 0.25) is 0 Å². The predicted molar refractivity (Wildman–Crippen MR) is 116 cm³/mol. The summed E-state index contributed by atoms with van der Waals surface area (Å²) in [6, 6.07) is 13.1. The first kappa shape index (κ1) is 23.5. The lowest BCUT2D eigenvalue weighted by Gasteiger charge is -2.38. The van der Waals surface area contributed by atoms with Crippen LogP contribution in [0, 0.1) is 0 Å². The van der Waals surface area contributed by atoms with Gasteiger partial charge in [0, 0.05) is 29.8 Å². The van der Waals surface area contributed by atoms with E-state index in [2.05, 4.69) is 23.9 Å². The van der Waals surface area contributed by atoms with Crippen molar-refractivity contribution in [3.05, 3.63) is 59.7 Å². The molecule has 1 N–H and O–H groups in total. The lowest BCUT2D eigenvalue weighted by atomic mass is 9.97. The number of benzene rings is 2. The Morgan fingerprint density at radius 1 is 1.06 bits per heavy atom. The van der Waals surface area contributed by atoms with E-state index in [1.807, 2.05) is 4.90 Å². The Kier molecular flexibility index (Phi) is 8.03. The van der Waals surface area contributed by atoms with Gasteiger partial charge in [-0.3, -0.25) is 9.59 Å².